The van der Waals surface area contributed by atoms with Gasteiger partial charge in [-0.2, -0.15) is 0 Å². The van der Waals surface area contributed by atoms with Crippen molar-refractivity contribution < 1.29 is 4.79 Å². The molecule has 1 saturated carbocycles. The average molecular weight is 183 g/mol. The van der Waals surface area contributed by atoms with Gasteiger partial charge in [0.05, 0.1) is 5.54 Å². The number of rotatable bonds is 4. The summed E-state index contributed by atoms with van der Waals surface area (Å²) in [7, 11) is 4.08. The molecule has 1 aliphatic carbocycles. The van der Waals surface area contributed by atoms with Gasteiger partial charge in [0.25, 0.3) is 0 Å². The monoisotopic (exact) mass is 183 g/mol. The molecular weight excluding hydrogens is 162 g/mol. The number of likely N-dealkylation sites (N-methyl/N-ethyl adjacent to an activating group) is 1. The molecule has 0 heterocycles. The quantitative estimate of drug-likeness (QED) is 0.666. The molecule has 2 nitrogen and oxygen atoms in total. The van der Waals surface area contributed by atoms with Gasteiger partial charge in [0.15, 0.2) is 5.78 Å². The van der Waals surface area contributed by atoms with E-state index in [1.54, 1.807) is 0 Å². The zero-order chi connectivity index (χ0) is 9.90. The van der Waals surface area contributed by atoms with Crippen molar-refractivity contribution in [1.82, 2.24) is 4.90 Å². The van der Waals surface area contributed by atoms with Crippen molar-refractivity contribution >= 4 is 5.78 Å². The van der Waals surface area contributed by atoms with Crippen LogP contribution in [0, 0.1) is 0 Å². The van der Waals surface area contributed by atoms with Crippen LogP contribution >= 0.6 is 0 Å². The van der Waals surface area contributed by atoms with Crippen LogP contribution in [0.4, 0.5) is 0 Å². The van der Waals surface area contributed by atoms with E-state index in [-0.39, 0.29) is 5.54 Å². The van der Waals surface area contributed by atoms with Crippen LogP contribution in [0.3, 0.4) is 0 Å². The van der Waals surface area contributed by atoms with Crippen LogP contribution in [0.2, 0.25) is 0 Å². The second-order valence-corrected chi connectivity index (χ2v) is 4.31. The van der Waals surface area contributed by atoms with Crippen LogP contribution in [0.25, 0.3) is 0 Å². The maximum atomic E-state index is 12.0. The molecule has 0 amide bonds. The molecule has 0 saturated heterocycles. The summed E-state index contributed by atoms with van der Waals surface area (Å²) in [5.74, 6) is 0.456. The summed E-state index contributed by atoms with van der Waals surface area (Å²) in [6.45, 7) is 2.08. The molecule has 1 aliphatic rings. The Morgan fingerprint density at radius 1 is 1.31 bits per heavy atom. The van der Waals surface area contributed by atoms with Gasteiger partial charge in [-0.15, -0.1) is 0 Å². The SMILES string of the molecule is CCCC(=O)C1(N(C)C)CCCC1. The molecule has 1 rings (SSSR count). The summed E-state index contributed by atoms with van der Waals surface area (Å²) in [6.07, 6.45) is 6.30. The van der Waals surface area contributed by atoms with Crippen molar-refractivity contribution in [3.8, 4) is 0 Å². The topological polar surface area (TPSA) is 20.3 Å². The third-order valence-corrected chi connectivity index (χ3v) is 3.28. The van der Waals surface area contributed by atoms with Gasteiger partial charge in [-0.1, -0.05) is 19.8 Å². The van der Waals surface area contributed by atoms with Crippen molar-refractivity contribution in [3.63, 3.8) is 0 Å². The van der Waals surface area contributed by atoms with Crippen LogP contribution in [-0.2, 0) is 4.79 Å². The summed E-state index contributed by atoms with van der Waals surface area (Å²) in [4.78, 5) is 14.1. The fourth-order valence-electron chi connectivity index (χ4n) is 2.40. The van der Waals surface area contributed by atoms with E-state index >= 15 is 0 Å². The highest BCUT2D eigenvalue weighted by molar-refractivity contribution is 5.88. The van der Waals surface area contributed by atoms with E-state index in [2.05, 4.69) is 11.8 Å². The molecule has 0 radical (unpaired) electrons. The highest BCUT2D eigenvalue weighted by atomic mass is 16.1. The summed E-state index contributed by atoms with van der Waals surface area (Å²) in [5.41, 5.74) is -0.101. The predicted octanol–water partition coefficient (Wildman–Crippen LogP) is 2.23. The fourth-order valence-corrected chi connectivity index (χ4v) is 2.40. The smallest absolute Gasteiger partial charge is 0.153 e. The first-order chi connectivity index (χ1) is 6.13. The van der Waals surface area contributed by atoms with Gasteiger partial charge in [-0.25, -0.2) is 0 Å². The highest BCUT2D eigenvalue weighted by Crippen LogP contribution is 2.35. The minimum atomic E-state index is -0.101. The molecule has 1 fully saturated rings. The lowest BCUT2D eigenvalue weighted by Gasteiger charge is -2.34. The molecule has 0 atom stereocenters. The average Bonchev–Trinajstić information content (AvgIpc) is 2.53. The Morgan fingerprint density at radius 2 is 1.85 bits per heavy atom. The van der Waals surface area contributed by atoms with E-state index in [1.807, 2.05) is 14.1 Å². The van der Waals surface area contributed by atoms with E-state index < -0.39 is 0 Å². The van der Waals surface area contributed by atoms with Crippen LogP contribution < -0.4 is 0 Å². The van der Waals surface area contributed by atoms with Gasteiger partial charge < -0.3 is 0 Å². The fraction of sp³-hybridized carbons (Fsp3) is 0.909. The third-order valence-electron chi connectivity index (χ3n) is 3.28. The largest absolute Gasteiger partial charge is 0.298 e. The van der Waals surface area contributed by atoms with Crippen molar-refractivity contribution in [3.05, 3.63) is 0 Å². The number of carbonyl (C=O) groups excluding carboxylic acids is 1. The molecule has 13 heavy (non-hydrogen) atoms. The third kappa shape index (κ3) is 1.93. The second-order valence-electron chi connectivity index (χ2n) is 4.31. The van der Waals surface area contributed by atoms with Crippen LogP contribution in [0.5, 0.6) is 0 Å². The molecule has 0 aromatic rings. The normalized spacial score (nSPS) is 20.9. The first-order valence-corrected chi connectivity index (χ1v) is 5.34. The Morgan fingerprint density at radius 3 is 2.23 bits per heavy atom. The zero-order valence-electron chi connectivity index (χ0n) is 9.10. The van der Waals surface area contributed by atoms with E-state index in [0.29, 0.717) is 5.78 Å². The molecule has 0 aliphatic heterocycles. The lowest BCUT2D eigenvalue weighted by atomic mass is 9.88. The van der Waals surface area contributed by atoms with Gasteiger partial charge in [-0.3, -0.25) is 9.69 Å². The molecular formula is C11H21NO. The van der Waals surface area contributed by atoms with Crippen molar-refractivity contribution in [1.29, 1.82) is 0 Å². The lowest BCUT2D eigenvalue weighted by molar-refractivity contribution is -0.129. The van der Waals surface area contributed by atoms with Crippen molar-refractivity contribution in [2.24, 2.45) is 0 Å². The molecule has 2 heteroatoms. The van der Waals surface area contributed by atoms with Crippen LogP contribution in [0.15, 0.2) is 0 Å². The van der Waals surface area contributed by atoms with E-state index in [9.17, 15) is 4.79 Å². The Bertz CT molecular complexity index is 181. The van der Waals surface area contributed by atoms with E-state index in [1.165, 1.54) is 12.8 Å². The molecule has 0 aromatic carbocycles. The number of hydrogen-bond donors (Lipinski definition) is 0. The maximum absolute atomic E-state index is 12.0. The molecule has 0 N–H and O–H groups in total. The standard InChI is InChI=1S/C11H21NO/c1-4-7-10(13)11(12(2)3)8-5-6-9-11/h4-9H2,1-3H3. The Labute approximate surface area is 81.3 Å². The minimum absolute atomic E-state index is 0.101. The van der Waals surface area contributed by atoms with Gasteiger partial charge in [0.1, 0.15) is 0 Å². The maximum Gasteiger partial charge on any atom is 0.153 e. The lowest BCUT2D eigenvalue weighted by Crippen LogP contribution is -2.48. The summed E-state index contributed by atoms with van der Waals surface area (Å²) < 4.78 is 0. The first kappa shape index (κ1) is 10.7. The van der Waals surface area contributed by atoms with Crippen molar-refractivity contribution in [2.45, 2.75) is 51.0 Å². The summed E-state index contributed by atoms with van der Waals surface area (Å²) in [6, 6.07) is 0. The van der Waals surface area contributed by atoms with E-state index in [0.717, 1.165) is 25.7 Å². The van der Waals surface area contributed by atoms with Crippen LogP contribution in [-0.4, -0.2) is 30.3 Å². The number of nitrogens with zero attached hydrogens (tertiary/aromatic N) is 1. The minimum Gasteiger partial charge on any atom is -0.298 e. The van der Waals surface area contributed by atoms with Gasteiger partial charge in [-0.05, 0) is 33.4 Å². The predicted molar refractivity (Wildman–Crippen MR) is 54.8 cm³/mol. The summed E-state index contributed by atoms with van der Waals surface area (Å²) in [5, 5.41) is 0. The van der Waals surface area contributed by atoms with Crippen LogP contribution in [0.1, 0.15) is 45.4 Å². The Hall–Kier alpha value is -0.370. The highest BCUT2D eigenvalue weighted by Gasteiger charge is 2.41. The van der Waals surface area contributed by atoms with Gasteiger partial charge >= 0.3 is 0 Å². The Kier molecular flexibility index (Phi) is 3.48. The number of hydrogen-bond acceptors (Lipinski definition) is 2. The van der Waals surface area contributed by atoms with Gasteiger partial charge in [0, 0.05) is 6.42 Å². The van der Waals surface area contributed by atoms with Crippen molar-refractivity contribution in [2.75, 3.05) is 14.1 Å². The molecule has 0 bridgehead atoms. The molecule has 0 aromatic heterocycles. The number of carbonyl (C=O) groups is 1. The second kappa shape index (κ2) is 4.23. The number of ketones is 1. The molecule has 0 spiro atoms. The number of Topliss-reactive ketones (excluding diaryl/α,β-unsaturated/α-hetero) is 1. The molecule has 76 valence electrons. The summed E-state index contributed by atoms with van der Waals surface area (Å²) >= 11 is 0. The first-order valence-electron chi connectivity index (χ1n) is 5.34. The van der Waals surface area contributed by atoms with Gasteiger partial charge in [0.2, 0.25) is 0 Å². The van der Waals surface area contributed by atoms with E-state index in [4.69, 9.17) is 0 Å². The Balaban J connectivity index is 2.72. The molecule has 0 unspecified atom stereocenters. The zero-order valence-corrected chi connectivity index (χ0v) is 9.10.